The number of aromatic nitrogens is 1. The van der Waals surface area contributed by atoms with Gasteiger partial charge in [0.25, 0.3) is 0 Å². The van der Waals surface area contributed by atoms with Crippen LogP contribution in [0.25, 0.3) is 0 Å². The molecule has 100 valence electrons. The molecule has 0 fully saturated rings. The van der Waals surface area contributed by atoms with Crippen LogP contribution in [0.15, 0.2) is 36.5 Å². The minimum Gasteiger partial charge on any atom is -0.305 e. The number of halogens is 3. The summed E-state index contributed by atoms with van der Waals surface area (Å²) in [7, 11) is 0. The van der Waals surface area contributed by atoms with Gasteiger partial charge >= 0.3 is 0 Å². The van der Waals surface area contributed by atoms with E-state index in [1.165, 1.54) is 12.3 Å². The third kappa shape index (κ3) is 3.28. The van der Waals surface area contributed by atoms with E-state index in [1.807, 2.05) is 6.92 Å². The molecule has 1 aromatic carbocycles. The van der Waals surface area contributed by atoms with Crippen molar-refractivity contribution in [3.63, 3.8) is 0 Å². The molecule has 5 heteroatoms. The number of rotatable bonds is 4. The molecular formula is C14H13ClF2N2. The van der Waals surface area contributed by atoms with E-state index in [0.717, 1.165) is 12.1 Å². The predicted octanol–water partition coefficient (Wildman–Crippen LogP) is 3.71. The zero-order valence-electron chi connectivity index (χ0n) is 10.3. The molecular weight excluding hydrogens is 270 g/mol. The van der Waals surface area contributed by atoms with Crippen molar-refractivity contribution < 1.29 is 8.78 Å². The molecule has 0 saturated heterocycles. The van der Waals surface area contributed by atoms with E-state index in [9.17, 15) is 8.78 Å². The van der Waals surface area contributed by atoms with Gasteiger partial charge in [-0.25, -0.2) is 8.78 Å². The van der Waals surface area contributed by atoms with E-state index in [2.05, 4.69) is 10.3 Å². The molecule has 1 atom stereocenters. The maximum absolute atomic E-state index is 13.8. The second-order valence-electron chi connectivity index (χ2n) is 4.06. The van der Waals surface area contributed by atoms with Gasteiger partial charge < -0.3 is 5.32 Å². The molecule has 0 radical (unpaired) electrons. The van der Waals surface area contributed by atoms with Crippen LogP contribution in [0, 0.1) is 11.6 Å². The number of hydrogen-bond acceptors (Lipinski definition) is 2. The Hall–Kier alpha value is -1.52. The number of nitrogens with one attached hydrogen (secondary N) is 1. The number of nitrogens with zero attached hydrogens (tertiary/aromatic N) is 1. The second-order valence-corrected chi connectivity index (χ2v) is 4.49. The first-order chi connectivity index (χ1) is 9.11. The van der Waals surface area contributed by atoms with Crippen LogP contribution in [0.5, 0.6) is 0 Å². The zero-order valence-corrected chi connectivity index (χ0v) is 11.1. The van der Waals surface area contributed by atoms with Gasteiger partial charge in [0.15, 0.2) is 0 Å². The fraction of sp³-hybridized carbons (Fsp3) is 0.214. The lowest BCUT2D eigenvalue weighted by Gasteiger charge is -2.18. The molecule has 0 aliphatic heterocycles. The molecule has 2 aromatic rings. The average molecular weight is 283 g/mol. The minimum atomic E-state index is -0.502. The quantitative estimate of drug-likeness (QED) is 0.925. The highest BCUT2D eigenvalue weighted by Gasteiger charge is 2.18. The summed E-state index contributed by atoms with van der Waals surface area (Å²) in [4.78, 5) is 4.16. The largest absolute Gasteiger partial charge is 0.305 e. The maximum atomic E-state index is 13.8. The van der Waals surface area contributed by atoms with Gasteiger partial charge in [0.2, 0.25) is 0 Å². The minimum absolute atomic E-state index is 0.233. The van der Waals surface area contributed by atoms with Gasteiger partial charge in [0, 0.05) is 11.8 Å². The van der Waals surface area contributed by atoms with Crippen molar-refractivity contribution in [2.75, 3.05) is 6.54 Å². The Morgan fingerprint density at radius 1 is 1.26 bits per heavy atom. The summed E-state index contributed by atoms with van der Waals surface area (Å²) < 4.78 is 27.1. The van der Waals surface area contributed by atoms with E-state index in [-0.39, 0.29) is 5.56 Å². The van der Waals surface area contributed by atoms with Crippen molar-refractivity contribution >= 4 is 11.6 Å². The van der Waals surface area contributed by atoms with Crippen LogP contribution in [-0.2, 0) is 0 Å². The SMILES string of the molecule is CCNC(c1ccc(Cl)cn1)c1cc(F)ccc1F. The Morgan fingerprint density at radius 3 is 2.68 bits per heavy atom. The van der Waals surface area contributed by atoms with E-state index >= 15 is 0 Å². The van der Waals surface area contributed by atoms with Crippen molar-refractivity contribution in [2.45, 2.75) is 13.0 Å². The van der Waals surface area contributed by atoms with Crippen molar-refractivity contribution in [3.8, 4) is 0 Å². The lowest BCUT2D eigenvalue weighted by molar-refractivity contribution is 0.539. The fourth-order valence-electron chi connectivity index (χ4n) is 1.87. The second kappa shape index (κ2) is 6.08. The van der Waals surface area contributed by atoms with Crippen LogP contribution in [-0.4, -0.2) is 11.5 Å². The van der Waals surface area contributed by atoms with Crippen molar-refractivity contribution in [1.82, 2.24) is 10.3 Å². The Balaban J connectivity index is 2.44. The van der Waals surface area contributed by atoms with Crippen LogP contribution in [0.2, 0.25) is 5.02 Å². The molecule has 1 N–H and O–H groups in total. The van der Waals surface area contributed by atoms with Crippen LogP contribution in [0.4, 0.5) is 8.78 Å². The monoisotopic (exact) mass is 282 g/mol. The van der Waals surface area contributed by atoms with Gasteiger partial charge in [-0.2, -0.15) is 0 Å². The van der Waals surface area contributed by atoms with Crippen LogP contribution < -0.4 is 5.32 Å². The van der Waals surface area contributed by atoms with E-state index in [1.54, 1.807) is 12.1 Å². The van der Waals surface area contributed by atoms with E-state index in [0.29, 0.717) is 17.3 Å². The summed E-state index contributed by atoms with van der Waals surface area (Å²) in [6.45, 7) is 2.49. The average Bonchev–Trinajstić information content (AvgIpc) is 2.40. The molecule has 19 heavy (non-hydrogen) atoms. The van der Waals surface area contributed by atoms with Crippen molar-refractivity contribution in [1.29, 1.82) is 0 Å². The van der Waals surface area contributed by atoms with E-state index in [4.69, 9.17) is 11.6 Å². The summed E-state index contributed by atoms with van der Waals surface area (Å²) in [6.07, 6.45) is 1.48. The zero-order chi connectivity index (χ0) is 13.8. The Labute approximate surface area is 115 Å². The fourth-order valence-corrected chi connectivity index (χ4v) is 1.98. The van der Waals surface area contributed by atoms with Gasteiger partial charge in [-0.1, -0.05) is 18.5 Å². The molecule has 1 unspecified atom stereocenters. The highest BCUT2D eigenvalue weighted by Crippen LogP contribution is 2.24. The third-order valence-electron chi connectivity index (χ3n) is 2.72. The van der Waals surface area contributed by atoms with Gasteiger partial charge in [-0.05, 0) is 36.9 Å². The molecule has 0 spiro atoms. The number of pyridine rings is 1. The summed E-state index contributed by atoms with van der Waals surface area (Å²) in [5.74, 6) is -0.947. The molecule has 2 nitrogen and oxygen atoms in total. The van der Waals surface area contributed by atoms with Gasteiger partial charge in [-0.3, -0.25) is 4.98 Å². The first-order valence-corrected chi connectivity index (χ1v) is 6.29. The molecule has 1 heterocycles. The Bertz CT molecular complexity index is 558. The smallest absolute Gasteiger partial charge is 0.128 e. The lowest BCUT2D eigenvalue weighted by atomic mass is 10.0. The summed E-state index contributed by atoms with van der Waals surface area (Å²) in [5.41, 5.74) is 0.826. The standard InChI is InChI=1S/C14H13ClF2N2/c1-2-18-14(13-6-3-9(15)8-19-13)11-7-10(16)4-5-12(11)17/h3-8,14,18H,2H2,1H3. The van der Waals surface area contributed by atoms with Gasteiger partial charge in [0.05, 0.1) is 16.8 Å². The highest BCUT2D eigenvalue weighted by molar-refractivity contribution is 6.30. The van der Waals surface area contributed by atoms with Gasteiger partial charge in [-0.15, -0.1) is 0 Å². The Morgan fingerprint density at radius 2 is 2.05 bits per heavy atom. The summed E-state index contributed by atoms with van der Waals surface area (Å²) in [5, 5.41) is 3.59. The Kier molecular flexibility index (Phi) is 4.45. The van der Waals surface area contributed by atoms with Crippen LogP contribution in [0.1, 0.15) is 24.2 Å². The summed E-state index contributed by atoms with van der Waals surface area (Å²) >= 11 is 5.78. The molecule has 1 aromatic heterocycles. The maximum Gasteiger partial charge on any atom is 0.128 e. The number of benzene rings is 1. The lowest BCUT2D eigenvalue weighted by Crippen LogP contribution is -2.24. The topological polar surface area (TPSA) is 24.9 Å². The molecule has 0 bridgehead atoms. The highest BCUT2D eigenvalue weighted by atomic mass is 35.5. The predicted molar refractivity (Wildman–Crippen MR) is 71.1 cm³/mol. The number of hydrogen-bond donors (Lipinski definition) is 1. The molecule has 2 rings (SSSR count). The van der Waals surface area contributed by atoms with Crippen LogP contribution in [0.3, 0.4) is 0 Å². The molecule has 0 saturated carbocycles. The van der Waals surface area contributed by atoms with E-state index < -0.39 is 17.7 Å². The van der Waals surface area contributed by atoms with Crippen LogP contribution >= 0.6 is 11.6 Å². The first kappa shape index (κ1) is 13.9. The van der Waals surface area contributed by atoms with Gasteiger partial charge in [0.1, 0.15) is 11.6 Å². The normalized spacial score (nSPS) is 12.4. The molecule has 0 aliphatic carbocycles. The van der Waals surface area contributed by atoms with Crippen molar-refractivity contribution in [2.24, 2.45) is 0 Å². The van der Waals surface area contributed by atoms with Crippen molar-refractivity contribution in [3.05, 3.63) is 64.4 Å². The summed E-state index contributed by atoms with van der Waals surface area (Å²) in [6, 6.07) is 6.25. The third-order valence-corrected chi connectivity index (χ3v) is 2.95. The molecule has 0 amide bonds. The first-order valence-electron chi connectivity index (χ1n) is 5.91. The molecule has 0 aliphatic rings.